The molecule has 15 heavy (non-hydrogen) atoms. The third-order valence-electron chi connectivity index (χ3n) is 2.22. The first-order valence-corrected chi connectivity index (χ1v) is 5.57. The van der Waals surface area contributed by atoms with Gasteiger partial charge >= 0.3 is 0 Å². The Morgan fingerprint density at radius 1 is 1.27 bits per heavy atom. The molecule has 0 aliphatic heterocycles. The molecule has 0 atom stereocenters. The molecule has 1 aromatic carbocycles. The molecule has 0 aliphatic carbocycles. The normalized spacial score (nSPS) is 10.6. The summed E-state index contributed by atoms with van der Waals surface area (Å²) in [4.78, 5) is 2.31. The Labute approximate surface area is 92.4 Å². The van der Waals surface area contributed by atoms with Gasteiger partial charge in [0.25, 0.3) is 0 Å². The van der Waals surface area contributed by atoms with Crippen LogP contribution in [0.25, 0.3) is 10.4 Å². The summed E-state index contributed by atoms with van der Waals surface area (Å²) < 4.78 is 13.3. The number of rotatable bonds is 2. The lowest BCUT2D eigenvalue weighted by Crippen LogP contribution is -1.97. The van der Waals surface area contributed by atoms with Crippen LogP contribution in [-0.2, 0) is 6.54 Å². The van der Waals surface area contributed by atoms with E-state index in [-0.39, 0.29) is 5.82 Å². The third-order valence-corrected chi connectivity index (χ3v) is 3.27. The fraction of sp³-hybridized carbons (Fsp3) is 0.167. The van der Waals surface area contributed by atoms with Crippen molar-refractivity contribution < 1.29 is 4.39 Å². The highest BCUT2D eigenvalue weighted by molar-refractivity contribution is 7.15. The van der Waals surface area contributed by atoms with Crippen molar-refractivity contribution >= 4 is 11.3 Å². The monoisotopic (exact) mass is 221 g/mol. The number of benzene rings is 1. The third kappa shape index (κ3) is 2.25. The number of thiophene rings is 1. The van der Waals surface area contributed by atoms with Crippen molar-refractivity contribution in [3.05, 3.63) is 46.6 Å². The van der Waals surface area contributed by atoms with Crippen molar-refractivity contribution in [2.75, 3.05) is 0 Å². The molecular weight excluding hydrogens is 209 g/mol. The van der Waals surface area contributed by atoms with Crippen molar-refractivity contribution in [1.29, 1.82) is 0 Å². The van der Waals surface area contributed by atoms with Crippen molar-refractivity contribution in [3.63, 3.8) is 0 Å². The summed E-state index contributed by atoms with van der Waals surface area (Å²) in [5.41, 5.74) is 7.25. The van der Waals surface area contributed by atoms with Crippen LogP contribution in [0.5, 0.6) is 0 Å². The Kier molecular flexibility index (Phi) is 2.84. The lowest BCUT2D eigenvalue weighted by molar-refractivity contribution is 0.626. The van der Waals surface area contributed by atoms with Gasteiger partial charge in [-0.15, -0.1) is 11.3 Å². The summed E-state index contributed by atoms with van der Waals surface area (Å²) in [5, 5.41) is 0. The van der Waals surface area contributed by atoms with E-state index >= 15 is 0 Å². The van der Waals surface area contributed by atoms with Gasteiger partial charge in [-0.3, -0.25) is 0 Å². The van der Waals surface area contributed by atoms with E-state index in [1.165, 1.54) is 10.9 Å². The minimum Gasteiger partial charge on any atom is -0.326 e. The van der Waals surface area contributed by atoms with Gasteiger partial charge in [-0.25, -0.2) is 4.39 Å². The molecule has 1 heterocycles. The van der Waals surface area contributed by atoms with E-state index in [4.69, 9.17) is 5.73 Å². The molecule has 0 saturated heterocycles. The smallest absolute Gasteiger partial charge is 0.124 e. The molecule has 2 aromatic rings. The van der Waals surface area contributed by atoms with Crippen molar-refractivity contribution in [3.8, 4) is 10.4 Å². The predicted octanol–water partition coefficient (Wildman–Crippen LogP) is 3.32. The zero-order chi connectivity index (χ0) is 10.8. The number of hydrogen-bond acceptors (Lipinski definition) is 2. The molecule has 0 radical (unpaired) electrons. The minimum absolute atomic E-state index is 0.223. The van der Waals surface area contributed by atoms with E-state index in [1.54, 1.807) is 17.4 Å². The van der Waals surface area contributed by atoms with E-state index in [0.717, 1.165) is 16.0 Å². The largest absolute Gasteiger partial charge is 0.326 e. The molecule has 3 heteroatoms. The second kappa shape index (κ2) is 4.13. The topological polar surface area (TPSA) is 26.0 Å². The van der Waals surface area contributed by atoms with Crippen LogP contribution in [0.15, 0.2) is 30.3 Å². The Morgan fingerprint density at radius 2 is 2.07 bits per heavy atom. The van der Waals surface area contributed by atoms with Gasteiger partial charge in [-0.05, 0) is 48.4 Å². The van der Waals surface area contributed by atoms with E-state index < -0.39 is 0 Å². The molecule has 0 aliphatic rings. The lowest BCUT2D eigenvalue weighted by atomic mass is 10.1. The van der Waals surface area contributed by atoms with E-state index in [2.05, 4.69) is 0 Å². The molecule has 0 amide bonds. The fourth-order valence-electron chi connectivity index (χ4n) is 1.50. The minimum atomic E-state index is -0.223. The number of aryl methyl sites for hydroxylation is 1. The van der Waals surface area contributed by atoms with Crippen LogP contribution < -0.4 is 5.73 Å². The average Bonchev–Trinajstić information content (AvgIpc) is 2.64. The van der Waals surface area contributed by atoms with E-state index in [0.29, 0.717) is 6.54 Å². The zero-order valence-electron chi connectivity index (χ0n) is 8.46. The van der Waals surface area contributed by atoms with Gasteiger partial charge in [0.2, 0.25) is 0 Å². The first-order chi connectivity index (χ1) is 7.19. The Hall–Kier alpha value is -1.19. The standard InChI is InChI=1S/C12H12FNS/c1-8-2-3-12(15-8)10-4-9(7-14)5-11(13)6-10/h2-6H,7,14H2,1H3. The van der Waals surface area contributed by atoms with Crippen molar-refractivity contribution in [1.82, 2.24) is 0 Å². The van der Waals surface area contributed by atoms with Gasteiger partial charge in [0, 0.05) is 16.3 Å². The second-order valence-corrected chi connectivity index (χ2v) is 4.75. The van der Waals surface area contributed by atoms with E-state index in [9.17, 15) is 4.39 Å². The van der Waals surface area contributed by atoms with E-state index in [1.807, 2.05) is 25.1 Å². The maximum absolute atomic E-state index is 13.3. The van der Waals surface area contributed by atoms with Gasteiger partial charge in [0.1, 0.15) is 5.82 Å². The molecule has 1 aromatic heterocycles. The lowest BCUT2D eigenvalue weighted by Gasteiger charge is -2.02. The molecule has 2 rings (SSSR count). The Balaban J connectivity index is 2.48. The summed E-state index contributed by atoms with van der Waals surface area (Å²) in [7, 11) is 0. The fourth-order valence-corrected chi connectivity index (χ4v) is 2.35. The van der Waals surface area contributed by atoms with Crippen LogP contribution in [0.3, 0.4) is 0 Å². The summed E-state index contributed by atoms with van der Waals surface area (Å²) in [6, 6.07) is 9.00. The molecule has 0 fully saturated rings. The van der Waals surface area contributed by atoms with Crippen LogP contribution >= 0.6 is 11.3 Å². The molecule has 0 unspecified atom stereocenters. The van der Waals surface area contributed by atoms with Gasteiger partial charge in [0.15, 0.2) is 0 Å². The van der Waals surface area contributed by atoms with Crippen LogP contribution in [0.4, 0.5) is 4.39 Å². The zero-order valence-corrected chi connectivity index (χ0v) is 9.27. The average molecular weight is 221 g/mol. The quantitative estimate of drug-likeness (QED) is 0.827. The molecule has 0 spiro atoms. The first-order valence-electron chi connectivity index (χ1n) is 4.75. The first kappa shape index (κ1) is 10.3. The number of halogens is 1. The second-order valence-electron chi connectivity index (χ2n) is 3.46. The van der Waals surface area contributed by atoms with Crippen LogP contribution in [0, 0.1) is 12.7 Å². The molecular formula is C12H12FNS. The Bertz CT molecular complexity index is 476. The van der Waals surface area contributed by atoms with Gasteiger partial charge in [0.05, 0.1) is 0 Å². The summed E-state index contributed by atoms with van der Waals surface area (Å²) in [6.45, 7) is 2.41. The van der Waals surface area contributed by atoms with Crippen molar-refractivity contribution in [2.24, 2.45) is 5.73 Å². The summed E-state index contributed by atoms with van der Waals surface area (Å²) >= 11 is 1.66. The highest BCUT2D eigenvalue weighted by Crippen LogP contribution is 2.28. The van der Waals surface area contributed by atoms with Gasteiger partial charge < -0.3 is 5.73 Å². The number of nitrogens with two attached hydrogens (primary N) is 1. The van der Waals surface area contributed by atoms with Crippen molar-refractivity contribution in [2.45, 2.75) is 13.5 Å². The van der Waals surface area contributed by atoms with Gasteiger partial charge in [-0.1, -0.05) is 0 Å². The van der Waals surface area contributed by atoms with Crippen LogP contribution in [0.1, 0.15) is 10.4 Å². The molecule has 78 valence electrons. The molecule has 2 N–H and O–H groups in total. The maximum Gasteiger partial charge on any atom is 0.124 e. The highest BCUT2D eigenvalue weighted by atomic mass is 32.1. The molecule has 1 nitrogen and oxygen atoms in total. The predicted molar refractivity (Wildman–Crippen MR) is 62.3 cm³/mol. The van der Waals surface area contributed by atoms with Crippen LogP contribution in [-0.4, -0.2) is 0 Å². The summed E-state index contributed by atoms with van der Waals surface area (Å²) in [6.07, 6.45) is 0. The molecule has 0 bridgehead atoms. The van der Waals surface area contributed by atoms with Gasteiger partial charge in [-0.2, -0.15) is 0 Å². The Morgan fingerprint density at radius 3 is 2.67 bits per heavy atom. The SMILES string of the molecule is Cc1ccc(-c2cc(F)cc(CN)c2)s1. The summed E-state index contributed by atoms with van der Waals surface area (Å²) in [5.74, 6) is -0.223. The maximum atomic E-state index is 13.3. The van der Waals surface area contributed by atoms with Crippen LogP contribution in [0.2, 0.25) is 0 Å². The number of hydrogen-bond donors (Lipinski definition) is 1. The molecule has 0 saturated carbocycles. The highest BCUT2D eigenvalue weighted by Gasteiger charge is 2.04.